The van der Waals surface area contributed by atoms with Crippen LogP contribution in [0.2, 0.25) is 0 Å². The van der Waals surface area contributed by atoms with E-state index in [2.05, 4.69) is 0 Å². The Morgan fingerprint density at radius 3 is 2.50 bits per heavy atom. The van der Waals surface area contributed by atoms with Gasteiger partial charge in [0, 0.05) is 18.2 Å². The van der Waals surface area contributed by atoms with Crippen LogP contribution in [0.15, 0.2) is 18.2 Å². The van der Waals surface area contributed by atoms with Crippen LogP contribution in [0.5, 0.6) is 5.75 Å². The Kier molecular flexibility index (Phi) is 5.45. The number of hydrogen-bond donors (Lipinski definition) is 0. The molecular formula is C13H18N2O5. The van der Waals surface area contributed by atoms with E-state index in [4.69, 9.17) is 9.47 Å². The molecule has 0 aliphatic carbocycles. The van der Waals surface area contributed by atoms with Crippen molar-refractivity contribution in [3.8, 4) is 5.75 Å². The molecule has 1 atom stereocenters. The molecule has 20 heavy (non-hydrogen) atoms. The second kappa shape index (κ2) is 6.85. The van der Waals surface area contributed by atoms with Gasteiger partial charge in [0.2, 0.25) is 0 Å². The van der Waals surface area contributed by atoms with Crippen molar-refractivity contribution in [1.29, 1.82) is 0 Å². The van der Waals surface area contributed by atoms with Crippen LogP contribution in [0, 0.1) is 10.1 Å². The maximum atomic E-state index is 11.9. The zero-order chi connectivity index (χ0) is 15.3. The minimum atomic E-state index is -0.745. The molecule has 110 valence electrons. The number of benzene rings is 1. The van der Waals surface area contributed by atoms with E-state index in [1.54, 1.807) is 19.0 Å². The summed E-state index contributed by atoms with van der Waals surface area (Å²) in [6, 6.07) is 4.33. The van der Waals surface area contributed by atoms with Crippen LogP contribution in [0.3, 0.4) is 0 Å². The van der Waals surface area contributed by atoms with E-state index in [1.165, 1.54) is 32.4 Å². The Morgan fingerprint density at radius 2 is 2.05 bits per heavy atom. The third kappa shape index (κ3) is 3.67. The lowest BCUT2D eigenvalue weighted by Crippen LogP contribution is -2.27. The highest BCUT2D eigenvalue weighted by molar-refractivity contribution is 5.80. The van der Waals surface area contributed by atoms with Crippen molar-refractivity contribution in [2.24, 2.45) is 0 Å². The van der Waals surface area contributed by atoms with E-state index in [0.717, 1.165) is 0 Å². The Labute approximate surface area is 117 Å². The van der Waals surface area contributed by atoms with Crippen LogP contribution >= 0.6 is 0 Å². The van der Waals surface area contributed by atoms with E-state index in [0.29, 0.717) is 12.3 Å². The summed E-state index contributed by atoms with van der Waals surface area (Å²) >= 11 is 0. The highest BCUT2D eigenvalue weighted by Crippen LogP contribution is 2.31. The second-order valence-corrected chi connectivity index (χ2v) is 4.52. The smallest absolute Gasteiger partial charge is 0.314 e. The third-order valence-corrected chi connectivity index (χ3v) is 2.84. The maximum absolute atomic E-state index is 11.9. The van der Waals surface area contributed by atoms with Gasteiger partial charge in [0.1, 0.15) is 11.7 Å². The molecule has 0 radical (unpaired) electrons. The SMILES string of the molecule is COC(=O)C(CN(C)C)c1cc(OC)ccc1[N+](=O)[O-]. The second-order valence-electron chi connectivity index (χ2n) is 4.52. The molecule has 1 aromatic carbocycles. The molecule has 0 aliphatic rings. The van der Waals surface area contributed by atoms with Gasteiger partial charge in [-0.1, -0.05) is 0 Å². The number of carbonyl (C=O) groups excluding carboxylic acids is 1. The molecule has 0 fully saturated rings. The van der Waals surface area contributed by atoms with Crippen molar-refractivity contribution in [3.63, 3.8) is 0 Å². The van der Waals surface area contributed by atoms with Crippen LogP contribution in [0.25, 0.3) is 0 Å². The monoisotopic (exact) mass is 282 g/mol. The van der Waals surface area contributed by atoms with Crippen LogP contribution in [-0.4, -0.2) is 50.7 Å². The van der Waals surface area contributed by atoms with Gasteiger partial charge in [-0.2, -0.15) is 0 Å². The molecule has 0 aliphatic heterocycles. The predicted octanol–water partition coefficient (Wildman–Crippen LogP) is 1.42. The van der Waals surface area contributed by atoms with Crippen molar-refractivity contribution in [3.05, 3.63) is 33.9 Å². The lowest BCUT2D eigenvalue weighted by molar-refractivity contribution is -0.385. The molecule has 0 heterocycles. The molecular weight excluding hydrogens is 264 g/mol. The molecule has 1 aromatic rings. The lowest BCUT2D eigenvalue weighted by atomic mass is 9.96. The van der Waals surface area contributed by atoms with Crippen molar-refractivity contribution in [2.75, 3.05) is 34.9 Å². The Hall–Kier alpha value is -2.15. The third-order valence-electron chi connectivity index (χ3n) is 2.84. The van der Waals surface area contributed by atoms with Crippen LogP contribution in [-0.2, 0) is 9.53 Å². The van der Waals surface area contributed by atoms with Gasteiger partial charge in [-0.3, -0.25) is 14.9 Å². The predicted molar refractivity (Wildman–Crippen MR) is 73.0 cm³/mol. The number of hydrogen-bond acceptors (Lipinski definition) is 6. The summed E-state index contributed by atoms with van der Waals surface area (Å²) in [7, 11) is 6.28. The molecule has 0 amide bonds. The summed E-state index contributed by atoms with van der Waals surface area (Å²) < 4.78 is 9.82. The van der Waals surface area contributed by atoms with E-state index in [-0.39, 0.29) is 11.3 Å². The Balaban J connectivity index is 3.35. The molecule has 7 nitrogen and oxygen atoms in total. The van der Waals surface area contributed by atoms with Crippen molar-refractivity contribution >= 4 is 11.7 Å². The van der Waals surface area contributed by atoms with Gasteiger partial charge in [-0.15, -0.1) is 0 Å². The molecule has 0 N–H and O–H groups in total. The number of carbonyl (C=O) groups is 1. The van der Waals surface area contributed by atoms with E-state index >= 15 is 0 Å². The molecule has 1 rings (SSSR count). The molecule has 0 spiro atoms. The lowest BCUT2D eigenvalue weighted by Gasteiger charge is -2.19. The summed E-state index contributed by atoms with van der Waals surface area (Å²) in [5, 5.41) is 11.1. The molecule has 0 bridgehead atoms. The highest BCUT2D eigenvalue weighted by Gasteiger charge is 2.29. The standard InChI is InChI=1S/C13H18N2O5/c1-14(2)8-11(13(16)20-4)10-7-9(19-3)5-6-12(10)15(17)18/h5-7,11H,8H2,1-4H3. The maximum Gasteiger partial charge on any atom is 0.314 e. The number of nitro benzene ring substituents is 1. The molecule has 0 saturated heterocycles. The highest BCUT2D eigenvalue weighted by atomic mass is 16.6. The fourth-order valence-corrected chi connectivity index (χ4v) is 1.91. The number of rotatable bonds is 6. The van der Waals surface area contributed by atoms with Gasteiger partial charge in [-0.05, 0) is 26.2 Å². The van der Waals surface area contributed by atoms with E-state index in [9.17, 15) is 14.9 Å². The summed E-state index contributed by atoms with van der Waals surface area (Å²) in [6.07, 6.45) is 0. The van der Waals surface area contributed by atoms with Crippen LogP contribution < -0.4 is 4.74 Å². The van der Waals surface area contributed by atoms with Crippen LogP contribution in [0.4, 0.5) is 5.69 Å². The summed E-state index contributed by atoms with van der Waals surface area (Å²) in [4.78, 5) is 24.3. The average molecular weight is 282 g/mol. The summed E-state index contributed by atoms with van der Waals surface area (Å²) in [5.74, 6) is -0.807. The van der Waals surface area contributed by atoms with Gasteiger partial charge in [-0.25, -0.2) is 0 Å². The molecule has 1 unspecified atom stereocenters. The number of likely N-dealkylation sites (N-methyl/N-ethyl adjacent to an activating group) is 1. The minimum absolute atomic E-state index is 0.122. The Bertz CT molecular complexity index is 502. The van der Waals surface area contributed by atoms with E-state index < -0.39 is 16.8 Å². The van der Waals surface area contributed by atoms with Crippen LogP contribution in [0.1, 0.15) is 11.5 Å². The first-order valence-corrected chi connectivity index (χ1v) is 5.95. The number of ether oxygens (including phenoxy) is 2. The zero-order valence-electron chi connectivity index (χ0n) is 12.0. The Morgan fingerprint density at radius 1 is 1.40 bits per heavy atom. The molecule has 0 saturated carbocycles. The first-order chi connectivity index (χ1) is 9.40. The number of esters is 1. The quantitative estimate of drug-likeness (QED) is 0.446. The van der Waals surface area contributed by atoms with Crippen molar-refractivity contribution in [2.45, 2.75) is 5.92 Å². The fourth-order valence-electron chi connectivity index (χ4n) is 1.91. The number of methoxy groups -OCH3 is 2. The van der Waals surface area contributed by atoms with Crippen molar-refractivity contribution in [1.82, 2.24) is 4.90 Å². The summed E-state index contributed by atoms with van der Waals surface area (Å²) in [6.45, 7) is 0.306. The molecule has 0 aromatic heterocycles. The van der Waals surface area contributed by atoms with Gasteiger partial charge in [0.05, 0.1) is 19.1 Å². The van der Waals surface area contributed by atoms with E-state index in [1.807, 2.05) is 0 Å². The number of nitro groups is 1. The van der Waals surface area contributed by atoms with Gasteiger partial charge < -0.3 is 14.4 Å². The zero-order valence-corrected chi connectivity index (χ0v) is 12.0. The first kappa shape index (κ1) is 15.9. The first-order valence-electron chi connectivity index (χ1n) is 5.95. The topological polar surface area (TPSA) is 81.9 Å². The fraction of sp³-hybridized carbons (Fsp3) is 0.462. The van der Waals surface area contributed by atoms with Crippen molar-refractivity contribution < 1.29 is 19.2 Å². The summed E-state index contributed by atoms with van der Waals surface area (Å²) in [5.41, 5.74) is 0.165. The van der Waals surface area contributed by atoms with Gasteiger partial charge in [0.15, 0.2) is 0 Å². The van der Waals surface area contributed by atoms with Gasteiger partial charge >= 0.3 is 5.97 Å². The normalized spacial score (nSPS) is 12.1. The number of nitrogens with zero attached hydrogens (tertiary/aromatic N) is 2. The average Bonchev–Trinajstić information content (AvgIpc) is 2.42. The molecule has 7 heteroatoms. The largest absolute Gasteiger partial charge is 0.497 e. The van der Waals surface area contributed by atoms with Gasteiger partial charge in [0.25, 0.3) is 5.69 Å². The minimum Gasteiger partial charge on any atom is -0.497 e.